The Morgan fingerprint density at radius 1 is 1.05 bits per heavy atom. The second kappa shape index (κ2) is 5.44. The standard InChI is InChI=1S/C18H21N3O/c1-10-6-7-15-11(2)8-17(20-18(15)12(10)3)19-9-16-13(4)21-22-14(16)5/h6-8H,9H2,1-5H3,(H,19,20). The maximum atomic E-state index is 5.20. The lowest BCUT2D eigenvalue weighted by atomic mass is 10.0. The predicted octanol–water partition coefficient (Wildman–Crippen LogP) is 4.38. The minimum atomic E-state index is 0.671. The highest BCUT2D eigenvalue weighted by Crippen LogP contribution is 2.25. The normalized spacial score (nSPS) is 11.1. The fraction of sp³-hybridized carbons (Fsp3) is 0.333. The molecule has 114 valence electrons. The third-order valence-corrected chi connectivity index (χ3v) is 4.34. The maximum absolute atomic E-state index is 5.20. The minimum absolute atomic E-state index is 0.671. The number of pyridine rings is 1. The van der Waals surface area contributed by atoms with Gasteiger partial charge in [-0.3, -0.25) is 0 Å². The molecule has 0 amide bonds. The van der Waals surface area contributed by atoms with Crippen LogP contribution in [0.3, 0.4) is 0 Å². The number of fused-ring (bicyclic) bond motifs is 1. The zero-order chi connectivity index (χ0) is 15.9. The summed E-state index contributed by atoms with van der Waals surface area (Å²) in [6, 6.07) is 6.40. The SMILES string of the molecule is Cc1ccc2c(C)cc(NCc3c(C)noc3C)nc2c1C. The van der Waals surface area contributed by atoms with Gasteiger partial charge < -0.3 is 9.84 Å². The molecule has 0 aliphatic carbocycles. The number of aromatic nitrogens is 2. The highest BCUT2D eigenvalue weighted by molar-refractivity contribution is 5.87. The highest BCUT2D eigenvalue weighted by atomic mass is 16.5. The molecule has 1 N–H and O–H groups in total. The number of rotatable bonds is 3. The summed E-state index contributed by atoms with van der Waals surface area (Å²) in [6.45, 7) is 10.9. The molecule has 0 aliphatic rings. The molecule has 0 saturated carbocycles. The first-order valence-electron chi connectivity index (χ1n) is 7.50. The van der Waals surface area contributed by atoms with Gasteiger partial charge in [0.05, 0.1) is 11.2 Å². The van der Waals surface area contributed by atoms with Crippen molar-refractivity contribution in [1.82, 2.24) is 10.1 Å². The van der Waals surface area contributed by atoms with Crippen molar-refractivity contribution in [1.29, 1.82) is 0 Å². The number of hydrogen-bond acceptors (Lipinski definition) is 4. The molecule has 0 radical (unpaired) electrons. The van der Waals surface area contributed by atoms with Crippen molar-refractivity contribution >= 4 is 16.7 Å². The summed E-state index contributed by atoms with van der Waals surface area (Å²) in [5, 5.41) is 8.60. The zero-order valence-electron chi connectivity index (χ0n) is 13.7. The summed E-state index contributed by atoms with van der Waals surface area (Å²) in [4.78, 5) is 4.79. The van der Waals surface area contributed by atoms with Gasteiger partial charge in [-0.05, 0) is 57.4 Å². The Morgan fingerprint density at radius 2 is 1.82 bits per heavy atom. The first-order chi connectivity index (χ1) is 10.5. The monoisotopic (exact) mass is 295 g/mol. The molecule has 0 fully saturated rings. The van der Waals surface area contributed by atoms with Crippen LogP contribution in [-0.2, 0) is 6.54 Å². The van der Waals surface area contributed by atoms with Crippen molar-refractivity contribution < 1.29 is 4.52 Å². The Labute approximate surface area is 130 Å². The number of hydrogen-bond donors (Lipinski definition) is 1. The summed E-state index contributed by atoms with van der Waals surface area (Å²) in [7, 11) is 0. The number of anilines is 1. The van der Waals surface area contributed by atoms with Crippen LogP contribution in [0.5, 0.6) is 0 Å². The largest absolute Gasteiger partial charge is 0.366 e. The van der Waals surface area contributed by atoms with E-state index in [-0.39, 0.29) is 0 Å². The molecule has 0 aliphatic heterocycles. The average molecular weight is 295 g/mol. The van der Waals surface area contributed by atoms with Gasteiger partial charge in [0.15, 0.2) is 0 Å². The van der Waals surface area contributed by atoms with E-state index in [1.54, 1.807) is 0 Å². The van der Waals surface area contributed by atoms with Crippen LogP contribution in [0.1, 0.15) is 33.7 Å². The quantitative estimate of drug-likeness (QED) is 0.779. The molecule has 2 aromatic heterocycles. The van der Waals surface area contributed by atoms with Gasteiger partial charge in [0, 0.05) is 17.5 Å². The van der Waals surface area contributed by atoms with Gasteiger partial charge in [-0.25, -0.2) is 4.98 Å². The molecule has 0 spiro atoms. The van der Waals surface area contributed by atoms with E-state index in [1.807, 2.05) is 13.8 Å². The maximum Gasteiger partial charge on any atom is 0.138 e. The van der Waals surface area contributed by atoms with Gasteiger partial charge in [0.2, 0.25) is 0 Å². The fourth-order valence-corrected chi connectivity index (χ4v) is 2.72. The molecule has 0 atom stereocenters. The van der Waals surface area contributed by atoms with Crippen LogP contribution in [0.4, 0.5) is 5.82 Å². The number of aryl methyl sites for hydroxylation is 5. The molecule has 3 rings (SSSR count). The summed E-state index contributed by atoms with van der Waals surface area (Å²) in [5.41, 5.74) is 6.83. The molecule has 4 heteroatoms. The van der Waals surface area contributed by atoms with Crippen molar-refractivity contribution in [2.45, 2.75) is 41.2 Å². The van der Waals surface area contributed by atoms with Gasteiger partial charge in [0.25, 0.3) is 0 Å². The van der Waals surface area contributed by atoms with Crippen molar-refractivity contribution in [3.8, 4) is 0 Å². The molecule has 22 heavy (non-hydrogen) atoms. The van der Waals surface area contributed by atoms with Crippen LogP contribution >= 0.6 is 0 Å². The Kier molecular flexibility index (Phi) is 3.61. The van der Waals surface area contributed by atoms with Crippen LogP contribution in [-0.4, -0.2) is 10.1 Å². The second-order valence-corrected chi connectivity index (χ2v) is 5.88. The van der Waals surface area contributed by atoms with Crippen LogP contribution in [0.15, 0.2) is 22.7 Å². The van der Waals surface area contributed by atoms with Crippen LogP contribution in [0.2, 0.25) is 0 Å². The van der Waals surface area contributed by atoms with E-state index in [9.17, 15) is 0 Å². The van der Waals surface area contributed by atoms with Gasteiger partial charge in [0.1, 0.15) is 11.6 Å². The van der Waals surface area contributed by atoms with E-state index in [2.05, 4.69) is 49.4 Å². The van der Waals surface area contributed by atoms with Crippen molar-refractivity contribution in [3.63, 3.8) is 0 Å². The smallest absolute Gasteiger partial charge is 0.138 e. The average Bonchev–Trinajstić information content (AvgIpc) is 2.80. The Balaban J connectivity index is 1.96. The zero-order valence-corrected chi connectivity index (χ0v) is 13.7. The molecular weight excluding hydrogens is 274 g/mol. The van der Waals surface area contributed by atoms with E-state index in [1.165, 1.54) is 22.1 Å². The minimum Gasteiger partial charge on any atom is -0.366 e. The summed E-state index contributed by atoms with van der Waals surface area (Å²) < 4.78 is 5.20. The molecule has 3 aromatic rings. The molecule has 0 unspecified atom stereocenters. The first kappa shape index (κ1) is 14.6. The topological polar surface area (TPSA) is 51.0 Å². The second-order valence-electron chi connectivity index (χ2n) is 5.88. The Bertz CT molecular complexity index is 830. The van der Waals surface area contributed by atoms with E-state index < -0.39 is 0 Å². The predicted molar refractivity (Wildman–Crippen MR) is 89.3 cm³/mol. The lowest BCUT2D eigenvalue weighted by Gasteiger charge is -2.11. The lowest BCUT2D eigenvalue weighted by molar-refractivity contribution is 0.392. The van der Waals surface area contributed by atoms with E-state index in [4.69, 9.17) is 9.51 Å². The highest BCUT2D eigenvalue weighted by Gasteiger charge is 2.10. The molecule has 2 heterocycles. The number of benzene rings is 1. The van der Waals surface area contributed by atoms with E-state index >= 15 is 0 Å². The van der Waals surface area contributed by atoms with Gasteiger partial charge in [-0.15, -0.1) is 0 Å². The van der Waals surface area contributed by atoms with Crippen LogP contribution in [0.25, 0.3) is 10.9 Å². The van der Waals surface area contributed by atoms with Crippen molar-refractivity contribution in [3.05, 3.63) is 51.9 Å². The molecule has 1 aromatic carbocycles. The van der Waals surface area contributed by atoms with Gasteiger partial charge >= 0.3 is 0 Å². The molecule has 0 saturated heterocycles. The molecule has 4 nitrogen and oxygen atoms in total. The first-order valence-corrected chi connectivity index (χ1v) is 7.50. The summed E-state index contributed by atoms with van der Waals surface area (Å²) in [5.74, 6) is 1.74. The molecular formula is C18H21N3O. The third kappa shape index (κ3) is 2.45. The van der Waals surface area contributed by atoms with Gasteiger partial charge in [-0.2, -0.15) is 0 Å². The number of nitrogens with one attached hydrogen (secondary N) is 1. The van der Waals surface area contributed by atoms with E-state index in [0.717, 1.165) is 28.4 Å². The number of nitrogens with zero attached hydrogens (tertiary/aromatic N) is 2. The van der Waals surface area contributed by atoms with Crippen molar-refractivity contribution in [2.24, 2.45) is 0 Å². The third-order valence-electron chi connectivity index (χ3n) is 4.34. The Morgan fingerprint density at radius 3 is 2.50 bits per heavy atom. The summed E-state index contributed by atoms with van der Waals surface area (Å²) >= 11 is 0. The lowest BCUT2D eigenvalue weighted by Crippen LogP contribution is -2.04. The van der Waals surface area contributed by atoms with Crippen LogP contribution < -0.4 is 5.32 Å². The van der Waals surface area contributed by atoms with Crippen molar-refractivity contribution in [2.75, 3.05) is 5.32 Å². The molecule has 0 bridgehead atoms. The van der Waals surface area contributed by atoms with Crippen LogP contribution in [0, 0.1) is 34.6 Å². The van der Waals surface area contributed by atoms with Gasteiger partial charge in [-0.1, -0.05) is 17.3 Å². The fourth-order valence-electron chi connectivity index (χ4n) is 2.72. The summed E-state index contributed by atoms with van der Waals surface area (Å²) in [6.07, 6.45) is 0. The van der Waals surface area contributed by atoms with E-state index in [0.29, 0.717) is 6.54 Å². The Hall–Kier alpha value is -2.36.